The van der Waals surface area contributed by atoms with Crippen molar-refractivity contribution in [3.8, 4) is 11.4 Å². The van der Waals surface area contributed by atoms with Crippen LogP contribution in [-0.2, 0) is 0 Å². The maximum Gasteiger partial charge on any atom is 0.195 e. The summed E-state index contributed by atoms with van der Waals surface area (Å²) in [6.07, 6.45) is 0. The fourth-order valence-corrected chi connectivity index (χ4v) is 2.31. The number of aryl methyl sites for hydroxylation is 1. The smallest absolute Gasteiger partial charge is 0.195 e. The van der Waals surface area contributed by atoms with E-state index in [1.54, 1.807) is 0 Å². The standard InChI is InChI=1S/C13H17N3S/c1-8(2)16-12(14-15-13(16)17)11-7-5-6-9(3)10(11)4/h5-8H,1-4H3,(H,15,17). The van der Waals surface area contributed by atoms with E-state index in [4.69, 9.17) is 12.2 Å². The largest absolute Gasteiger partial charge is 0.298 e. The highest BCUT2D eigenvalue weighted by atomic mass is 32.1. The van der Waals surface area contributed by atoms with Gasteiger partial charge < -0.3 is 0 Å². The summed E-state index contributed by atoms with van der Waals surface area (Å²) in [7, 11) is 0. The molecule has 0 spiro atoms. The number of nitrogens with one attached hydrogen (secondary N) is 1. The van der Waals surface area contributed by atoms with Crippen molar-refractivity contribution in [2.75, 3.05) is 0 Å². The number of H-pyrrole nitrogens is 1. The van der Waals surface area contributed by atoms with Crippen LogP contribution in [0.4, 0.5) is 0 Å². The summed E-state index contributed by atoms with van der Waals surface area (Å²) in [5, 5.41) is 7.23. The Morgan fingerprint density at radius 3 is 2.65 bits per heavy atom. The molecule has 2 aromatic rings. The van der Waals surface area contributed by atoms with Gasteiger partial charge in [-0.1, -0.05) is 18.2 Å². The molecule has 0 atom stereocenters. The summed E-state index contributed by atoms with van der Waals surface area (Å²) in [4.78, 5) is 0. The van der Waals surface area contributed by atoms with E-state index < -0.39 is 0 Å². The predicted molar refractivity (Wildman–Crippen MR) is 72.7 cm³/mol. The van der Waals surface area contributed by atoms with Gasteiger partial charge in [0.15, 0.2) is 10.6 Å². The monoisotopic (exact) mass is 247 g/mol. The van der Waals surface area contributed by atoms with Gasteiger partial charge in [-0.15, -0.1) is 0 Å². The van der Waals surface area contributed by atoms with Crippen LogP contribution in [0.15, 0.2) is 18.2 Å². The van der Waals surface area contributed by atoms with Crippen molar-refractivity contribution in [1.82, 2.24) is 14.8 Å². The van der Waals surface area contributed by atoms with Gasteiger partial charge in [-0.05, 0) is 51.0 Å². The Balaban J connectivity index is 2.69. The summed E-state index contributed by atoms with van der Waals surface area (Å²) < 4.78 is 2.73. The minimum atomic E-state index is 0.302. The molecule has 0 fully saturated rings. The molecule has 1 aromatic carbocycles. The third kappa shape index (κ3) is 2.05. The van der Waals surface area contributed by atoms with Gasteiger partial charge in [0.1, 0.15) is 0 Å². The van der Waals surface area contributed by atoms with Crippen molar-refractivity contribution in [3.63, 3.8) is 0 Å². The highest BCUT2D eigenvalue weighted by Crippen LogP contribution is 2.25. The maximum absolute atomic E-state index is 5.27. The molecular weight excluding hydrogens is 230 g/mol. The van der Waals surface area contributed by atoms with Gasteiger partial charge in [0, 0.05) is 11.6 Å². The molecule has 0 saturated carbocycles. The number of hydrogen-bond acceptors (Lipinski definition) is 2. The van der Waals surface area contributed by atoms with Gasteiger partial charge in [0.05, 0.1) is 0 Å². The van der Waals surface area contributed by atoms with Crippen LogP contribution in [0, 0.1) is 18.6 Å². The molecule has 17 heavy (non-hydrogen) atoms. The van der Waals surface area contributed by atoms with E-state index >= 15 is 0 Å². The van der Waals surface area contributed by atoms with Crippen LogP contribution in [0.5, 0.6) is 0 Å². The van der Waals surface area contributed by atoms with E-state index in [-0.39, 0.29) is 0 Å². The molecular formula is C13H17N3S. The number of nitrogens with zero attached hydrogens (tertiary/aromatic N) is 2. The number of benzene rings is 1. The van der Waals surface area contributed by atoms with E-state index in [2.05, 4.69) is 60.7 Å². The van der Waals surface area contributed by atoms with Crippen LogP contribution >= 0.6 is 12.2 Å². The van der Waals surface area contributed by atoms with Crippen LogP contribution in [0.3, 0.4) is 0 Å². The zero-order chi connectivity index (χ0) is 12.6. The van der Waals surface area contributed by atoms with Crippen molar-refractivity contribution in [1.29, 1.82) is 0 Å². The molecule has 1 N–H and O–H groups in total. The summed E-state index contributed by atoms with van der Waals surface area (Å²) in [6, 6.07) is 6.56. The molecule has 0 bridgehead atoms. The van der Waals surface area contributed by atoms with Gasteiger partial charge >= 0.3 is 0 Å². The lowest BCUT2D eigenvalue weighted by Crippen LogP contribution is -2.04. The summed E-state index contributed by atoms with van der Waals surface area (Å²) in [5.41, 5.74) is 3.67. The van der Waals surface area contributed by atoms with Gasteiger partial charge in [-0.2, -0.15) is 5.10 Å². The zero-order valence-electron chi connectivity index (χ0n) is 10.6. The van der Waals surface area contributed by atoms with Crippen LogP contribution in [0.1, 0.15) is 31.0 Å². The number of aromatic nitrogens is 3. The predicted octanol–water partition coefficient (Wildman–Crippen LogP) is 3.81. The molecule has 90 valence electrons. The Bertz CT molecular complexity index is 593. The fourth-order valence-electron chi connectivity index (χ4n) is 1.97. The molecule has 0 saturated heterocycles. The second-order valence-corrected chi connectivity index (χ2v) is 4.95. The minimum Gasteiger partial charge on any atom is -0.298 e. The highest BCUT2D eigenvalue weighted by molar-refractivity contribution is 7.71. The van der Waals surface area contributed by atoms with E-state index in [0.717, 1.165) is 11.4 Å². The lowest BCUT2D eigenvalue weighted by Gasteiger charge is -2.13. The Morgan fingerprint density at radius 1 is 1.29 bits per heavy atom. The van der Waals surface area contributed by atoms with E-state index in [9.17, 15) is 0 Å². The highest BCUT2D eigenvalue weighted by Gasteiger charge is 2.13. The Labute approximate surface area is 106 Å². The molecule has 2 rings (SSSR count). The number of rotatable bonds is 2. The van der Waals surface area contributed by atoms with Crippen molar-refractivity contribution >= 4 is 12.2 Å². The average Bonchev–Trinajstić information content (AvgIpc) is 2.64. The number of hydrogen-bond donors (Lipinski definition) is 1. The van der Waals surface area contributed by atoms with Gasteiger partial charge in [-0.3, -0.25) is 9.67 Å². The van der Waals surface area contributed by atoms with Gasteiger partial charge in [0.25, 0.3) is 0 Å². The second-order valence-electron chi connectivity index (χ2n) is 4.56. The molecule has 0 aliphatic rings. The first kappa shape index (κ1) is 12.0. The lowest BCUT2D eigenvalue weighted by atomic mass is 10.0. The van der Waals surface area contributed by atoms with E-state index in [1.807, 2.05) is 0 Å². The van der Waals surface area contributed by atoms with E-state index in [0.29, 0.717) is 10.8 Å². The lowest BCUT2D eigenvalue weighted by molar-refractivity contribution is 0.597. The Morgan fingerprint density at radius 2 is 2.00 bits per heavy atom. The molecule has 0 aliphatic carbocycles. The molecule has 0 aliphatic heterocycles. The molecule has 4 heteroatoms. The fraction of sp³-hybridized carbons (Fsp3) is 0.385. The van der Waals surface area contributed by atoms with Crippen molar-refractivity contribution in [2.45, 2.75) is 33.7 Å². The quantitative estimate of drug-likeness (QED) is 0.819. The first-order chi connectivity index (χ1) is 8.02. The average molecular weight is 247 g/mol. The normalized spacial score (nSPS) is 11.1. The number of aromatic amines is 1. The zero-order valence-corrected chi connectivity index (χ0v) is 11.4. The first-order valence-electron chi connectivity index (χ1n) is 5.76. The summed E-state index contributed by atoms with van der Waals surface area (Å²) in [6.45, 7) is 8.45. The third-order valence-electron chi connectivity index (χ3n) is 3.07. The van der Waals surface area contributed by atoms with Crippen LogP contribution in [0.2, 0.25) is 0 Å². The van der Waals surface area contributed by atoms with Crippen LogP contribution in [-0.4, -0.2) is 14.8 Å². The van der Waals surface area contributed by atoms with Crippen molar-refractivity contribution in [3.05, 3.63) is 34.1 Å². The Kier molecular flexibility index (Phi) is 3.15. The van der Waals surface area contributed by atoms with Gasteiger partial charge in [0.2, 0.25) is 0 Å². The molecule has 3 nitrogen and oxygen atoms in total. The molecule has 1 aromatic heterocycles. The minimum absolute atomic E-state index is 0.302. The SMILES string of the molecule is Cc1cccc(-c2n[nH]c(=S)n2C(C)C)c1C. The van der Waals surface area contributed by atoms with Gasteiger partial charge in [-0.25, -0.2) is 0 Å². The Hall–Kier alpha value is -1.42. The summed E-state index contributed by atoms with van der Waals surface area (Å²) >= 11 is 5.27. The van der Waals surface area contributed by atoms with E-state index in [1.165, 1.54) is 11.1 Å². The topological polar surface area (TPSA) is 33.6 Å². The third-order valence-corrected chi connectivity index (χ3v) is 3.35. The molecule has 0 amide bonds. The van der Waals surface area contributed by atoms with Crippen molar-refractivity contribution in [2.24, 2.45) is 0 Å². The molecule has 0 unspecified atom stereocenters. The first-order valence-corrected chi connectivity index (χ1v) is 6.16. The van der Waals surface area contributed by atoms with Crippen molar-refractivity contribution < 1.29 is 0 Å². The van der Waals surface area contributed by atoms with Crippen LogP contribution < -0.4 is 0 Å². The molecule has 1 heterocycles. The maximum atomic E-state index is 5.27. The summed E-state index contributed by atoms with van der Waals surface area (Å²) in [5.74, 6) is 0.922. The van der Waals surface area contributed by atoms with Crippen LogP contribution in [0.25, 0.3) is 11.4 Å². The molecule has 0 radical (unpaired) electrons. The second kappa shape index (κ2) is 4.45.